The van der Waals surface area contributed by atoms with E-state index in [-0.39, 0.29) is 11.6 Å². The number of nitrogens with zero attached hydrogens (tertiary/aromatic N) is 2. The Kier molecular flexibility index (Phi) is 7.18. The Morgan fingerprint density at radius 2 is 0.943 bits per heavy atom. The van der Waals surface area contributed by atoms with Crippen LogP contribution >= 0.6 is 0 Å². The molecule has 252 valence electrons. The molecule has 53 heavy (non-hydrogen) atoms. The Hall–Kier alpha value is -6.98. The normalized spacial score (nSPS) is 11.6. The van der Waals surface area contributed by atoms with Gasteiger partial charge >= 0.3 is 0 Å². The Balaban J connectivity index is 1.23. The predicted octanol–water partition coefficient (Wildman–Crippen LogP) is 14.3. The second-order valence-corrected chi connectivity index (χ2v) is 13.2. The largest absolute Gasteiger partial charge is 0.455 e. The maximum atomic E-state index is 15.5. The van der Waals surface area contributed by atoms with E-state index in [1.807, 2.05) is 101 Å². The first-order valence-corrected chi connectivity index (χ1v) is 17.6. The number of rotatable bonds is 6. The van der Waals surface area contributed by atoms with Crippen LogP contribution in [0.2, 0.25) is 0 Å². The van der Waals surface area contributed by atoms with E-state index in [2.05, 4.69) is 54.6 Å². The summed E-state index contributed by atoms with van der Waals surface area (Å²) < 4.78 is 37.8. The Morgan fingerprint density at radius 1 is 0.358 bits per heavy atom. The molecule has 0 bridgehead atoms. The molecule has 0 radical (unpaired) electrons. The van der Waals surface area contributed by atoms with E-state index < -0.39 is 0 Å². The minimum atomic E-state index is -0.309. The van der Waals surface area contributed by atoms with Crippen LogP contribution in [0.1, 0.15) is 0 Å². The zero-order valence-corrected chi connectivity index (χ0v) is 28.4. The van der Waals surface area contributed by atoms with Crippen molar-refractivity contribution in [1.29, 1.82) is 0 Å². The molecular formula is C48H30F2N2O. The predicted molar refractivity (Wildman–Crippen MR) is 216 cm³/mol. The molecule has 1 aromatic heterocycles. The number of hydrogen-bond acceptors (Lipinski definition) is 3. The quantitative estimate of drug-likeness (QED) is 0.162. The van der Waals surface area contributed by atoms with Crippen molar-refractivity contribution in [3.63, 3.8) is 0 Å². The summed E-state index contributed by atoms with van der Waals surface area (Å²) in [7, 11) is 0. The Morgan fingerprint density at radius 3 is 1.64 bits per heavy atom. The molecule has 10 rings (SSSR count). The first-order chi connectivity index (χ1) is 26.1. The van der Waals surface area contributed by atoms with Gasteiger partial charge in [-0.05, 0) is 106 Å². The van der Waals surface area contributed by atoms with E-state index in [0.29, 0.717) is 11.4 Å². The van der Waals surface area contributed by atoms with E-state index in [1.165, 1.54) is 12.1 Å². The molecule has 0 aliphatic rings. The van der Waals surface area contributed by atoms with Gasteiger partial charge in [0.25, 0.3) is 0 Å². The van der Waals surface area contributed by atoms with E-state index >= 15 is 8.78 Å². The summed E-state index contributed by atoms with van der Waals surface area (Å²) in [5.41, 5.74) is 5.83. The zero-order valence-electron chi connectivity index (χ0n) is 28.4. The number of fused-ring (bicyclic) bond motifs is 9. The van der Waals surface area contributed by atoms with Crippen LogP contribution in [0, 0.1) is 11.6 Å². The monoisotopic (exact) mass is 688 g/mol. The molecule has 3 nitrogen and oxygen atoms in total. The van der Waals surface area contributed by atoms with Gasteiger partial charge in [-0.15, -0.1) is 0 Å². The highest BCUT2D eigenvalue weighted by molar-refractivity contribution is 6.31. The number of para-hydroxylation sites is 4. The van der Waals surface area contributed by atoms with Gasteiger partial charge in [0.2, 0.25) is 0 Å². The van der Waals surface area contributed by atoms with Crippen molar-refractivity contribution in [3.8, 4) is 0 Å². The van der Waals surface area contributed by atoms with Crippen molar-refractivity contribution in [3.05, 3.63) is 194 Å². The molecule has 9 aromatic carbocycles. The average molecular weight is 689 g/mol. The molecule has 10 aromatic rings. The van der Waals surface area contributed by atoms with Gasteiger partial charge in [-0.3, -0.25) is 0 Å². The molecule has 0 atom stereocenters. The first-order valence-electron chi connectivity index (χ1n) is 17.6. The number of furan rings is 1. The molecular weight excluding hydrogens is 659 g/mol. The van der Waals surface area contributed by atoms with Crippen molar-refractivity contribution in [1.82, 2.24) is 0 Å². The average Bonchev–Trinajstić information content (AvgIpc) is 3.58. The van der Waals surface area contributed by atoms with Crippen molar-refractivity contribution in [2.24, 2.45) is 0 Å². The molecule has 1 heterocycles. The van der Waals surface area contributed by atoms with Gasteiger partial charge in [-0.1, -0.05) is 97.1 Å². The van der Waals surface area contributed by atoms with Crippen LogP contribution in [0.25, 0.3) is 54.3 Å². The molecule has 0 spiro atoms. The summed E-state index contributed by atoms with van der Waals surface area (Å²) >= 11 is 0. The third kappa shape index (κ3) is 5.01. The van der Waals surface area contributed by atoms with Gasteiger partial charge in [-0.2, -0.15) is 0 Å². The van der Waals surface area contributed by atoms with Crippen LogP contribution in [-0.2, 0) is 0 Å². The second-order valence-electron chi connectivity index (χ2n) is 13.2. The lowest BCUT2D eigenvalue weighted by atomic mass is 9.95. The molecule has 0 aliphatic heterocycles. The molecule has 0 saturated heterocycles. The summed E-state index contributed by atoms with van der Waals surface area (Å²) in [6, 6.07) is 58.5. The summed E-state index contributed by atoms with van der Waals surface area (Å²) in [5.74, 6) is -0.613. The highest BCUT2D eigenvalue weighted by Gasteiger charge is 2.22. The topological polar surface area (TPSA) is 19.6 Å². The van der Waals surface area contributed by atoms with Crippen LogP contribution < -0.4 is 9.80 Å². The fraction of sp³-hybridized carbons (Fsp3) is 0. The molecule has 0 saturated carbocycles. The fourth-order valence-corrected chi connectivity index (χ4v) is 7.79. The summed E-state index contributed by atoms with van der Waals surface area (Å²) in [4.78, 5) is 3.92. The minimum Gasteiger partial charge on any atom is -0.455 e. The number of halogens is 2. The van der Waals surface area contributed by atoms with Gasteiger partial charge in [0.05, 0.1) is 17.1 Å². The molecule has 0 aliphatic carbocycles. The van der Waals surface area contributed by atoms with E-state index in [9.17, 15) is 0 Å². The van der Waals surface area contributed by atoms with Crippen molar-refractivity contribution >= 4 is 88.4 Å². The zero-order chi connectivity index (χ0) is 35.5. The van der Waals surface area contributed by atoms with Crippen molar-refractivity contribution in [2.45, 2.75) is 0 Å². The van der Waals surface area contributed by atoms with Gasteiger partial charge in [-0.25, -0.2) is 8.78 Å². The van der Waals surface area contributed by atoms with Gasteiger partial charge in [0.1, 0.15) is 22.8 Å². The summed E-state index contributed by atoms with van der Waals surface area (Å²) in [5, 5.41) is 8.08. The van der Waals surface area contributed by atoms with Gasteiger partial charge in [0, 0.05) is 38.6 Å². The van der Waals surface area contributed by atoms with E-state index in [0.717, 1.165) is 77.0 Å². The first kappa shape index (κ1) is 30.8. The van der Waals surface area contributed by atoms with E-state index in [1.54, 1.807) is 24.3 Å². The van der Waals surface area contributed by atoms with Crippen molar-refractivity contribution < 1.29 is 13.2 Å². The lowest BCUT2D eigenvalue weighted by Crippen LogP contribution is -2.11. The van der Waals surface area contributed by atoms with Crippen LogP contribution in [0.4, 0.5) is 42.9 Å². The van der Waals surface area contributed by atoms with E-state index in [4.69, 9.17) is 4.42 Å². The third-order valence-electron chi connectivity index (χ3n) is 10.1. The standard InChI is InChI=1S/C48H30F2N2O/c49-41-21-9-11-23-44(41)51(32-15-3-1-4-16-32)34-26-27-37-39(29-34)35-19-7-8-20-36(35)47-40-28-31-14-13-25-43(38(31)30-46(40)53-48(37)47)52(33-17-5-2-6-18-33)45-24-12-10-22-42(45)50/h1-30H. The van der Waals surface area contributed by atoms with Crippen LogP contribution in [0.5, 0.6) is 0 Å². The van der Waals surface area contributed by atoms with Crippen molar-refractivity contribution in [2.75, 3.05) is 9.80 Å². The third-order valence-corrected chi connectivity index (χ3v) is 10.1. The molecule has 5 heteroatoms. The van der Waals surface area contributed by atoms with Crippen LogP contribution in [0.3, 0.4) is 0 Å². The Bertz CT molecular complexity index is 2990. The second kappa shape index (κ2) is 12.4. The molecule has 0 unspecified atom stereocenters. The number of anilines is 6. The number of hydrogen-bond donors (Lipinski definition) is 0. The molecule has 0 fully saturated rings. The molecule has 0 N–H and O–H groups in total. The van der Waals surface area contributed by atoms with Crippen LogP contribution in [-0.4, -0.2) is 0 Å². The summed E-state index contributed by atoms with van der Waals surface area (Å²) in [6.07, 6.45) is 0. The minimum absolute atomic E-state index is 0.304. The lowest BCUT2D eigenvalue weighted by Gasteiger charge is -2.27. The fourth-order valence-electron chi connectivity index (χ4n) is 7.79. The SMILES string of the molecule is Fc1ccccc1N(c1ccccc1)c1ccc2c(c1)c1ccccc1c1c3cc4cccc(N(c5ccccc5)c5ccccc5F)c4cc3oc21. The highest BCUT2D eigenvalue weighted by Crippen LogP contribution is 2.46. The summed E-state index contributed by atoms with van der Waals surface area (Å²) in [6.45, 7) is 0. The lowest BCUT2D eigenvalue weighted by molar-refractivity contribution is 0.628. The Labute approximate surface area is 304 Å². The van der Waals surface area contributed by atoms with Gasteiger partial charge in [0.15, 0.2) is 0 Å². The maximum Gasteiger partial charge on any atom is 0.147 e. The number of benzene rings is 9. The smallest absolute Gasteiger partial charge is 0.147 e. The highest BCUT2D eigenvalue weighted by atomic mass is 19.1. The van der Waals surface area contributed by atoms with Gasteiger partial charge < -0.3 is 14.2 Å². The maximum absolute atomic E-state index is 15.5. The van der Waals surface area contributed by atoms with Crippen LogP contribution in [0.15, 0.2) is 186 Å². The molecule has 0 amide bonds.